The van der Waals surface area contributed by atoms with Crippen LogP contribution in [0.2, 0.25) is 0 Å². The Morgan fingerprint density at radius 2 is 2.30 bits per heavy atom. The van der Waals surface area contributed by atoms with Gasteiger partial charge in [-0.15, -0.1) is 11.6 Å². The van der Waals surface area contributed by atoms with Crippen LogP contribution in [-0.2, 0) is 5.88 Å². The molecule has 0 fully saturated rings. The lowest BCUT2D eigenvalue weighted by atomic mass is 9.81. The Hall–Kier alpha value is -1.68. The molecule has 0 unspecified atom stereocenters. The summed E-state index contributed by atoms with van der Waals surface area (Å²) in [5.41, 5.74) is 3.72. The zero-order valence-corrected chi connectivity index (χ0v) is 11.7. The lowest BCUT2D eigenvalue weighted by molar-refractivity contribution is 0.379. The van der Waals surface area contributed by atoms with Crippen LogP contribution in [-0.4, -0.2) is 15.9 Å². The van der Waals surface area contributed by atoms with E-state index < -0.39 is 0 Å². The molecular formula is C15H14ClN3O. The van der Waals surface area contributed by atoms with Crippen LogP contribution in [0.15, 0.2) is 45.1 Å². The zero-order valence-electron chi connectivity index (χ0n) is 10.9. The van der Waals surface area contributed by atoms with Gasteiger partial charge < -0.3 is 4.52 Å². The van der Waals surface area contributed by atoms with Crippen molar-refractivity contribution in [2.45, 2.75) is 31.1 Å². The SMILES string of the molecule is ClCc1nc([C@@H]2CCCC3=C2N=C2C=CC=C[C@H]23)no1. The van der Waals surface area contributed by atoms with Crippen LogP contribution in [0.25, 0.3) is 0 Å². The third kappa shape index (κ3) is 1.79. The highest BCUT2D eigenvalue weighted by molar-refractivity contribution is 6.16. The van der Waals surface area contributed by atoms with Crippen molar-refractivity contribution < 1.29 is 4.52 Å². The van der Waals surface area contributed by atoms with Crippen LogP contribution in [0.1, 0.15) is 36.9 Å². The lowest BCUT2D eigenvalue weighted by Gasteiger charge is -2.22. The molecule has 1 aromatic heterocycles. The molecule has 0 radical (unpaired) electrons. The van der Waals surface area contributed by atoms with Crippen molar-refractivity contribution in [1.82, 2.24) is 10.1 Å². The van der Waals surface area contributed by atoms with E-state index in [2.05, 4.69) is 28.4 Å². The molecule has 2 aliphatic carbocycles. The van der Waals surface area contributed by atoms with E-state index in [-0.39, 0.29) is 11.8 Å². The summed E-state index contributed by atoms with van der Waals surface area (Å²) in [6.45, 7) is 0. The first kappa shape index (κ1) is 12.1. The molecule has 0 saturated heterocycles. The van der Waals surface area contributed by atoms with E-state index in [0.717, 1.165) is 36.5 Å². The second kappa shape index (κ2) is 4.70. The molecule has 0 spiro atoms. The van der Waals surface area contributed by atoms with Gasteiger partial charge in [-0.3, -0.25) is 4.99 Å². The maximum atomic E-state index is 5.74. The van der Waals surface area contributed by atoms with Gasteiger partial charge >= 0.3 is 0 Å². The first-order valence-corrected chi connectivity index (χ1v) is 7.45. The van der Waals surface area contributed by atoms with Crippen LogP contribution >= 0.6 is 11.6 Å². The highest BCUT2D eigenvalue weighted by Gasteiger charge is 2.36. The van der Waals surface area contributed by atoms with Gasteiger partial charge in [-0.2, -0.15) is 4.98 Å². The van der Waals surface area contributed by atoms with Crippen LogP contribution in [0, 0.1) is 5.92 Å². The Labute approximate surface area is 121 Å². The minimum Gasteiger partial charge on any atom is -0.338 e. The van der Waals surface area contributed by atoms with Crippen molar-refractivity contribution in [3.63, 3.8) is 0 Å². The van der Waals surface area contributed by atoms with Crippen LogP contribution in [0.3, 0.4) is 0 Å². The Balaban J connectivity index is 1.74. The number of hydrogen-bond acceptors (Lipinski definition) is 4. The maximum absolute atomic E-state index is 5.74. The molecule has 5 heteroatoms. The van der Waals surface area contributed by atoms with Gasteiger partial charge in [0.05, 0.1) is 17.3 Å². The number of halogens is 1. The summed E-state index contributed by atoms with van der Waals surface area (Å²) in [7, 11) is 0. The maximum Gasteiger partial charge on any atom is 0.241 e. The lowest BCUT2D eigenvalue weighted by Crippen LogP contribution is -2.14. The van der Waals surface area contributed by atoms with Gasteiger partial charge in [0.15, 0.2) is 5.82 Å². The van der Waals surface area contributed by atoms with E-state index in [1.807, 2.05) is 6.08 Å². The molecule has 0 amide bonds. The summed E-state index contributed by atoms with van der Waals surface area (Å²) in [5, 5.41) is 4.08. The molecule has 0 saturated carbocycles. The van der Waals surface area contributed by atoms with Gasteiger partial charge in [0.25, 0.3) is 0 Å². The van der Waals surface area contributed by atoms with Crippen molar-refractivity contribution in [3.05, 3.63) is 47.3 Å². The molecule has 3 aliphatic rings. The van der Waals surface area contributed by atoms with Gasteiger partial charge in [-0.05, 0) is 30.9 Å². The average Bonchev–Trinajstić information content (AvgIpc) is 3.11. The van der Waals surface area contributed by atoms with Gasteiger partial charge in [0.2, 0.25) is 5.89 Å². The number of alkyl halides is 1. The standard InChI is InChI=1S/C15H14ClN3O/c16-8-13-18-15(19-20-13)11-6-3-5-10-9-4-1-2-7-12(9)17-14(10)11/h1-2,4,7,9,11H,3,5-6,8H2/t9-,11+/m0/s1. The summed E-state index contributed by atoms with van der Waals surface area (Å²) in [5.74, 6) is 1.98. The Kier molecular flexibility index (Phi) is 2.84. The summed E-state index contributed by atoms with van der Waals surface area (Å²) in [4.78, 5) is 9.21. The molecule has 2 heterocycles. The zero-order chi connectivity index (χ0) is 13.5. The monoisotopic (exact) mass is 287 g/mol. The molecule has 1 aliphatic heterocycles. The molecule has 2 atom stereocenters. The Bertz CT molecular complexity index is 668. The van der Waals surface area contributed by atoms with Gasteiger partial charge in [-0.1, -0.05) is 23.4 Å². The fourth-order valence-electron chi connectivity index (χ4n) is 3.24. The molecule has 1 aromatic rings. The molecule has 4 rings (SSSR count). The summed E-state index contributed by atoms with van der Waals surface area (Å²) < 4.78 is 5.14. The minimum atomic E-state index is 0.152. The molecular weight excluding hydrogens is 274 g/mol. The normalized spacial score (nSPS) is 27.6. The molecule has 0 N–H and O–H groups in total. The molecule has 102 valence electrons. The topological polar surface area (TPSA) is 51.3 Å². The molecule has 0 bridgehead atoms. The molecule has 20 heavy (non-hydrogen) atoms. The summed E-state index contributed by atoms with van der Waals surface area (Å²) in [6, 6.07) is 0. The number of rotatable bonds is 2. The predicted octanol–water partition coefficient (Wildman–Crippen LogP) is 3.53. The van der Waals surface area contributed by atoms with E-state index in [1.54, 1.807) is 0 Å². The van der Waals surface area contributed by atoms with Crippen LogP contribution in [0.5, 0.6) is 0 Å². The summed E-state index contributed by atoms with van der Waals surface area (Å²) in [6.07, 6.45) is 11.8. The Morgan fingerprint density at radius 1 is 1.35 bits per heavy atom. The largest absolute Gasteiger partial charge is 0.338 e. The summed E-state index contributed by atoms with van der Waals surface area (Å²) >= 11 is 5.74. The number of allylic oxidation sites excluding steroid dienone is 6. The van der Waals surface area contributed by atoms with Crippen molar-refractivity contribution in [2.24, 2.45) is 10.9 Å². The highest BCUT2D eigenvalue weighted by atomic mass is 35.5. The average molecular weight is 288 g/mol. The second-order valence-electron chi connectivity index (χ2n) is 5.29. The third-order valence-corrected chi connectivity index (χ3v) is 4.36. The number of nitrogens with zero attached hydrogens (tertiary/aromatic N) is 3. The van der Waals surface area contributed by atoms with Gasteiger partial charge in [-0.25, -0.2) is 0 Å². The van der Waals surface area contributed by atoms with Crippen molar-refractivity contribution >= 4 is 17.3 Å². The number of aliphatic imine (C=N–C) groups is 1. The van der Waals surface area contributed by atoms with Crippen LogP contribution < -0.4 is 0 Å². The van der Waals surface area contributed by atoms with E-state index in [1.165, 1.54) is 5.57 Å². The third-order valence-electron chi connectivity index (χ3n) is 4.13. The number of hydrogen-bond donors (Lipinski definition) is 0. The Morgan fingerprint density at radius 3 is 3.15 bits per heavy atom. The molecule has 4 nitrogen and oxygen atoms in total. The fourth-order valence-corrected chi connectivity index (χ4v) is 3.35. The van der Waals surface area contributed by atoms with Crippen molar-refractivity contribution in [1.29, 1.82) is 0 Å². The van der Waals surface area contributed by atoms with E-state index in [4.69, 9.17) is 21.1 Å². The van der Waals surface area contributed by atoms with Crippen molar-refractivity contribution in [3.8, 4) is 0 Å². The smallest absolute Gasteiger partial charge is 0.241 e. The van der Waals surface area contributed by atoms with E-state index in [9.17, 15) is 0 Å². The fraction of sp³-hybridized carbons (Fsp3) is 0.400. The van der Waals surface area contributed by atoms with Gasteiger partial charge in [0, 0.05) is 5.92 Å². The van der Waals surface area contributed by atoms with Gasteiger partial charge in [0.1, 0.15) is 5.88 Å². The second-order valence-corrected chi connectivity index (χ2v) is 5.56. The van der Waals surface area contributed by atoms with E-state index in [0.29, 0.717) is 11.8 Å². The van der Waals surface area contributed by atoms with E-state index >= 15 is 0 Å². The minimum absolute atomic E-state index is 0.152. The molecule has 0 aromatic carbocycles. The number of fused-ring (bicyclic) bond motifs is 2. The predicted molar refractivity (Wildman–Crippen MR) is 76.7 cm³/mol. The highest BCUT2D eigenvalue weighted by Crippen LogP contribution is 2.45. The first-order chi connectivity index (χ1) is 9.86. The number of aromatic nitrogens is 2. The first-order valence-electron chi connectivity index (χ1n) is 6.91. The van der Waals surface area contributed by atoms with Crippen LogP contribution in [0.4, 0.5) is 0 Å². The quantitative estimate of drug-likeness (QED) is 0.782. The van der Waals surface area contributed by atoms with Crippen molar-refractivity contribution in [2.75, 3.05) is 0 Å².